The van der Waals surface area contributed by atoms with Crippen molar-refractivity contribution in [1.82, 2.24) is 14.5 Å². The lowest BCUT2D eigenvalue weighted by atomic mass is 10.1. The highest BCUT2D eigenvalue weighted by atomic mass is 28.4. The number of aromatic amines is 1. The van der Waals surface area contributed by atoms with Gasteiger partial charge in [-0.25, -0.2) is 4.79 Å². The standard InChI is InChI=1S/C22H29N3O7Si/c1-22(2,3)33(4,5)29-12-15-17(27)18(19(30-15)25-11-10-16(26)24-20(25)28)32-21-23-13-8-6-7-9-14(13)31-21/h6-11,15,17-19,27H,12H2,1-5H3,(H,24,26,28)/t15-,17-,18-,19-/m1/s1. The number of ether oxygens (including phenoxy) is 2. The molecule has 1 aliphatic rings. The Morgan fingerprint density at radius 1 is 1.21 bits per heavy atom. The predicted octanol–water partition coefficient (Wildman–Crippen LogP) is 2.41. The molecule has 1 aliphatic heterocycles. The highest BCUT2D eigenvalue weighted by molar-refractivity contribution is 6.74. The topological polar surface area (TPSA) is 129 Å². The second-order valence-corrected chi connectivity index (χ2v) is 14.5. The summed E-state index contributed by atoms with van der Waals surface area (Å²) in [7, 11) is -2.12. The molecule has 0 aliphatic carbocycles. The third-order valence-electron chi connectivity index (χ3n) is 6.36. The average molecular weight is 476 g/mol. The quantitative estimate of drug-likeness (QED) is 0.520. The van der Waals surface area contributed by atoms with Gasteiger partial charge in [0.2, 0.25) is 0 Å². The summed E-state index contributed by atoms with van der Waals surface area (Å²) in [6.45, 7) is 10.7. The zero-order valence-electron chi connectivity index (χ0n) is 19.3. The maximum absolute atomic E-state index is 12.5. The van der Waals surface area contributed by atoms with E-state index in [1.807, 2.05) is 12.1 Å². The number of benzene rings is 1. The van der Waals surface area contributed by atoms with E-state index < -0.39 is 44.1 Å². The number of oxazole rings is 1. The van der Waals surface area contributed by atoms with Crippen LogP contribution in [0, 0.1) is 0 Å². The van der Waals surface area contributed by atoms with E-state index in [-0.39, 0.29) is 17.7 Å². The molecule has 3 aromatic rings. The fourth-order valence-corrected chi connectivity index (χ4v) is 4.37. The van der Waals surface area contributed by atoms with Gasteiger partial charge in [-0.1, -0.05) is 32.9 Å². The number of hydrogen-bond donors (Lipinski definition) is 2. The number of aliphatic hydroxyl groups is 1. The first-order valence-electron chi connectivity index (χ1n) is 10.8. The van der Waals surface area contributed by atoms with Gasteiger partial charge in [-0.15, -0.1) is 0 Å². The zero-order chi connectivity index (χ0) is 24.0. The van der Waals surface area contributed by atoms with Gasteiger partial charge >= 0.3 is 11.8 Å². The number of para-hydroxylation sites is 2. The van der Waals surface area contributed by atoms with Crippen molar-refractivity contribution in [2.45, 2.75) is 63.4 Å². The number of aromatic nitrogens is 3. The Morgan fingerprint density at radius 3 is 2.61 bits per heavy atom. The summed E-state index contributed by atoms with van der Waals surface area (Å²) in [5.41, 5.74) is -0.103. The molecule has 3 heterocycles. The van der Waals surface area contributed by atoms with Crippen LogP contribution in [0.3, 0.4) is 0 Å². The van der Waals surface area contributed by atoms with Crippen molar-refractivity contribution < 1.29 is 23.4 Å². The van der Waals surface area contributed by atoms with Crippen molar-refractivity contribution >= 4 is 19.4 Å². The molecule has 10 nitrogen and oxygen atoms in total. The first-order valence-corrected chi connectivity index (χ1v) is 13.7. The molecule has 11 heteroatoms. The van der Waals surface area contributed by atoms with Gasteiger partial charge in [0.25, 0.3) is 5.56 Å². The van der Waals surface area contributed by atoms with Crippen LogP contribution in [0.1, 0.15) is 27.0 Å². The van der Waals surface area contributed by atoms with Crippen LogP contribution in [0.2, 0.25) is 18.1 Å². The molecule has 2 N–H and O–H groups in total. The average Bonchev–Trinajstić information content (AvgIpc) is 3.27. The van der Waals surface area contributed by atoms with Crippen molar-refractivity contribution in [2.24, 2.45) is 0 Å². The molecule has 0 unspecified atom stereocenters. The van der Waals surface area contributed by atoms with Crippen molar-refractivity contribution in [2.75, 3.05) is 6.61 Å². The predicted molar refractivity (Wildman–Crippen MR) is 123 cm³/mol. The van der Waals surface area contributed by atoms with Gasteiger partial charge in [-0.05, 0) is 30.3 Å². The summed E-state index contributed by atoms with van der Waals surface area (Å²) in [5.74, 6) is 0. The molecule has 0 amide bonds. The Bertz CT molecular complexity index is 1210. The molecule has 0 saturated carbocycles. The molecular weight excluding hydrogens is 446 g/mol. The minimum absolute atomic E-state index is 0.0279. The van der Waals surface area contributed by atoms with Crippen LogP contribution < -0.4 is 16.0 Å². The summed E-state index contributed by atoms with van der Waals surface area (Å²) in [5, 5.41) is 11.1. The highest BCUT2D eigenvalue weighted by Gasteiger charge is 2.49. The number of fused-ring (bicyclic) bond motifs is 1. The van der Waals surface area contributed by atoms with Gasteiger partial charge in [0.05, 0.1) is 6.61 Å². The van der Waals surface area contributed by atoms with Crippen LogP contribution in [-0.4, -0.2) is 52.9 Å². The number of hydrogen-bond acceptors (Lipinski definition) is 8. The largest absolute Gasteiger partial charge is 0.439 e. The molecule has 1 fully saturated rings. The normalized spacial score (nSPS) is 23.8. The maximum atomic E-state index is 12.5. The smallest absolute Gasteiger partial charge is 0.395 e. The van der Waals surface area contributed by atoms with Crippen molar-refractivity contribution in [3.63, 3.8) is 0 Å². The summed E-state index contributed by atoms with van der Waals surface area (Å²) >= 11 is 0. The van der Waals surface area contributed by atoms with E-state index in [4.69, 9.17) is 18.3 Å². The molecule has 33 heavy (non-hydrogen) atoms. The van der Waals surface area contributed by atoms with Gasteiger partial charge in [0, 0.05) is 12.3 Å². The highest BCUT2D eigenvalue weighted by Crippen LogP contribution is 2.38. The molecule has 0 radical (unpaired) electrons. The molecule has 1 aromatic carbocycles. The van der Waals surface area contributed by atoms with Gasteiger partial charge < -0.3 is 23.4 Å². The van der Waals surface area contributed by atoms with Gasteiger partial charge in [0.15, 0.2) is 26.2 Å². The Morgan fingerprint density at radius 2 is 1.94 bits per heavy atom. The zero-order valence-corrected chi connectivity index (χ0v) is 20.3. The SMILES string of the molecule is CC(C)(C)[Si](C)(C)OC[C@H]1O[C@@H](n2ccc(=O)[nH]c2=O)[C@H](Oc2nc3ccccc3o2)[C@@H]1O. The van der Waals surface area contributed by atoms with Crippen LogP contribution in [0.25, 0.3) is 11.1 Å². The second-order valence-electron chi connectivity index (χ2n) is 9.67. The van der Waals surface area contributed by atoms with Gasteiger partial charge in [-0.3, -0.25) is 14.3 Å². The van der Waals surface area contributed by atoms with E-state index in [9.17, 15) is 14.7 Å². The number of rotatable bonds is 6. The van der Waals surface area contributed by atoms with E-state index in [0.717, 1.165) is 0 Å². The minimum Gasteiger partial charge on any atom is -0.439 e. The van der Waals surface area contributed by atoms with Gasteiger partial charge in [-0.2, -0.15) is 4.98 Å². The Kier molecular flexibility index (Phi) is 6.08. The van der Waals surface area contributed by atoms with Gasteiger partial charge in [0.1, 0.15) is 17.7 Å². The molecule has 0 spiro atoms. The van der Waals surface area contributed by atoms with Crippen LogP contribution in [0.5, 0.6) is 6.08 Å². The molecule has 0 bridgehead atoms. The summed E-state index contributed by atoms with van der Waals surface area (Å²) in [6.07, 6.45) is -2.73. The molecule has 4 atom stereocenters. The van der Waals surface area contributed by atoms with E-state index in [0.29, 0.717) is 11.1 Å². The van der Waals surface area contributed by atoms with Crippen LogP contribution in [0.4, 0.5) is 0 Å². The van der Waals surface area contributed by atoms with E-state index in [1.54, 1.807) is 12.1 Å². The monoisotopic (exact) mass is 475 g/mol. The van der Waals surface area contributed by atoms with Crippen molar-refractivity contribution in [1.29, 1.82) is 0 Å². The summed E-state index contributed by atoms with van der Waals surface area (Å²) in [4.78, 5) is 30.5. The Hall–Kier alpha value is -2.73. The third-order valence-corrected chi connectivity index (χ3v) is 10.9. The van der Waals surface area contributed by atoms with Crippen molar-refractivity contribution in [3.05, 3.63) is 57.4 Å². The molecule has 1 saturated heterocycles. The first kappa shape index (κ1) is 23.4. The van der Waals surface area contributed by atoms with E-state index in [2.05, 4.69) is 43.8 Å². The summed E-state index contributed by atoms with van der Waals surface area (Å²) < 4.78 is 25.0. The van der Waals surface area contributed by atoms with Crippen LogP contribution in [-0.2, 0) is 9.16 Å². The fourth-order valence-electron chi connectivity index (χ4n) is 3.36. The lowest BCUT2D eigenvalue weighted by Gasteiger charge is -2.37. The first-order chi connectivity index (χ1) is 15.5. The lowest BCUT2D eigenvalue weighted by molar-refractivity contribution is -0.0523. The van der Waals surface area contributed by atoms with Crippen LogP contribution in [0.15, 0.2) is 50.5 Å². The third kappa shape index (κ3) is 4.67. The second kappa shape index (κ2) is 8.56. The maximum Gasteiger partial charge on any atom is 0.395 e. The fraction of sp³-hybridized carbons (Fsp3) is 0.500. The lowest BCUT2D eigenvalue weighted by Crippen LogP contribution is -2.45. The minimum atomic E-state index is -2.12. The molecular formula is C22H29N3O7Si. The number of nitrogens with one attached hydrogen (secondary N) is 1. The Balaban J connectivity index is 1.63. The number of H-pyrrole nitrogens is 1. The molecule has 178 valence electrons. The van der Waals surface area contributed by atoms with Crippen molar-refractivity contribution in [3.8, 4) is 6.08 Å². The van der Waals surface area contributed by atoms with E-state index in [1.165, 1.54) is 16.8 Å². The van der Waals surface area contributed by atoms with E-state index >= 15 is 0 Å². The summed E-state index contributed by atoms with van der Waals surface area (Å²) in [6, 6.07) is 8.34. The number of aliphatic hydroxyl groups excluding tert-OH is 1. The Labute approximate surface area is 191 Å². The molecule has 4 rings (SSSR count). The van der Waals surface area contributed by atoms with Crippen LogP contribution >= 0.6 is 0 Å². The molecule has 2 aromatic heterocycles. The number of nitrogens with zero attached hydrogens (tertiary/aromatic N) is 2.